The minimum absolute atomic E-state index is 0.0856. The highest BCUT2D eigenvalue weighted by atomic mass is 32.1. The lowest BCUT2D eigenvalue weighted by Crippen LogP contribution is -2.39. The zero-order valence-corrected chi connectivity index (χ0v) is 15.8. The largest absolute Gasteiger partial charge is 0.493 e. The number of thiophene rings is 1. The van der Waals surface area contributed by atoms with Crippen LogP contribution in [-0.4, -0.2) is 36.2 Å². The number of nitrogens with zero attached hydrogens (tertiary/aromatic N) is 1. The molecule has 1 aromatic heterocycles. The standard InChI is InChI=1S/C19H20N2O5S/c1-25-15-6-5-12(10-16(15)26-2)14-11-13(17-4-3-9-27-17)20-21(14)18(22)7-8-19(23)24/h3-6,9-11,14,20H,7-8H2,1-2H3,(H,23,24)/t14-/m0/s1. The van der Waals surface area contributed by atoms with Gasteiger partial charge >= 0.3 is 5.97 Å². The average molecular weight is 388 g/mol. The Bertz CT molecular complexity index is 863. The summed E-state index contributed by atoms with van der Waals surface area (Å²) in [5.74, 6) is -0.138. The molecule has 2 N–H and O–H groups in total. The van der Waals surface area contributed by atoms with E-state index >= 15 is 0 Å². The highest BCUT2D eigenvalue weighted by molar-refractivity contribution is 7.11. The first-order valence-corrected chi connectivity index (χ1v) is 9.19. The molecule has 0 bridgehead atoms. The van der Waals surface area contributed by atoms with Crippen LogP contribution in [0.5, 0.6) is 11.5 Å². The molecule has 1 aliphatic heterocycles. The fourth-order valence-corrected chi connectivity index (χ4v) is 3.57. The van der Waals surface area contributed by atoms with Crippen LogP contribution in [0.2, 0.25) is 0 Å². The summed E-state index contributed by atoms with van der Waals surface area (Å²) in [6.45, 7) is 0. The van der Waals surface area contributed by atoms with Crippen LogP contribution >= 0.6 is 11.3 Å². The number of hydrogen-bond acceptors (Lipinski definition) is 6. The fraction of sp³-hybridized carbons (Fsp3) is 0.263. The third-order valence-corrected chi connectivity index (χ3v) is 5.10. The maximum atomic E-state index is 12.6. The number of benzene rings is 1. The molecular weight excluding hydrogens is 368 g/mol. The molecule has 1 amide bonds. The van der Waals surface area contributed by atoms with E-state index in [1.165, 1.54) is 5.01 Å². The van der Waals surface area contributed by atoms with Crippen LogP contribution in [0.3, 0.4) is 0 Å². The Balaban J connectivity index is 1.93. The van der Waals surface area contributed by atoms with Gasteiger partial charge in [0.2, 0.25) is 5.91 Å². The number of carbonyl (C=O) groups excluding carboxylic acids is 1. The van der Waals surface area contributed by atoms with E-state index in [4.69, 9.17) is 14.6 Å². The summed E-state index contributed by atoms with van der Waals surface area (Å²) >= 11 is 1.56. The molecule has 1 aromatic carbocycles. The van der Waals surface area contributed by atoms with Crippen LogP contribution in [0.1, 0.15) is 29.3 Å². The van der Waals surface area contributed by atoms with Gasteiger partial charge in [-0.25, -0.2) is 5.01 Å². The lowest BCUT2D eigenvalue weighted by Gasteiger charge is -2.25. The van der Waals surface area contributed by atoms with Crippen LogP contribution in [0, 0.1) is 0 Å². The second-order valence-corrected chi connectivity index (χ2v) is 6.83. The molecule has 7 nitrogen and oxygen atoms in total. The Hall–Kier alpha value is -3.00. The van der Waals surface area contributed by atoms with Gasteiger partial charge in [-0.15, -0.1) is 11.3 Å². The van der Waals surface area contributed by atoms with Gasteiger partial charge in [-0.05, 0) is 35.2 Å². The van der Waals surface area contributed by atoms with Gasteiger partial charge in [0.15, 0.2) is 11.5 Å². The van der Waals surface area contributed by atoms with Gasteiger partial charge in [-0.1, -0.05) is 12.1 Å². The second-order valence-electron chi connectivity index (χ2n) is 5.89. The van der Waals surface area contributed by atoms with Crippen molar-refractivity contribution in [3.8, 4) is 11.5 Å². The number of ether oxygens (including phenoxy) is 2. The SMILES string of the molecule is COc1ccc([C@@H]2C=C(c3cccs3)NN2C(=O)CCC(=O)O)cc1OC. The van der Waals surface area contributed by atoms with E-state index in [1.807, 2.05) is 35.7 Å². The van der Waals surface area contributed by atoms with Gasteiger partial charge in [-0.2, -0.15) is 0 Å². The number of hydrazine groups is 1. The number of carboxylic acid groups (broad SMARTS) is 1. The topological polar surface area (TPSA) is 88.1 Å². The van der Waals surface area contributed by atoms with Crippen LogP contribution in [-0.2, 0) is 9.59 Å². The molecule has 1 aliphatic rings. The molecule has 0 saturated heterocycles. The monoisotopic (exact) mass is 388 g/mol. The predicted molar refractivity (Wildman–Crippen MR) is 101 cm³/mol. The van der Waals surface area contributed by atoms with Crippen molar-refractivity contribution in [3.63, 3.8) is 0 Å². The third-order valence-electron chi connectivity index (χ3n) is 4.20. The smallest absolute Gasteiger partial charge is 0.303 e. The summed E-state index contributed by atoms with van der Waals surface area (Å²) in [5, 5.41) is 12.3. The van der Waals surface area contributed by atoms with E-state index in [1.54, 1.807) is 31.6 Å². The van der Waals surface area contributed by atoms with E-state index in [0.717, 1.165) is 16.1 Å². The first kappa shape index (κ1) is 18.8. The van der Waals surface area contributed by atoms with E-state index in [9.17, 15) is 9.59 Å². The fourth-order valence-electron chi connectivity index (χ4n) is 2.87. The Labute approximate surface area is 160 Å². The van der Waals surface area contributed by atoms with Gasteiger partial charge in [0.05, 0.1) is 37.3 Å². The van der Waals surface area contributed by atoms with Crippen molar-refractivity contribution >= 4 is 28.9 Å². The van der Waals surface area contributed by atoms with E-state index in [2.05, 4.69) is 5.43 Å². The maximum absolute atomic E-state index is 12.6. The number of carboxylic acids is 1. The molecule has 0 fully saturated rings. The van der Waals surface area contributed by atoms with Crippen LogP contribution in [0.4, 0.5) is 0 Å². The molecule has 0 aliphatic carbocycles. The number of hydrogen-bond donors (Lipinski definition) is 2. The van der Waals surface area contributed by atoms with E-state index in [0.29, 0.717) is 11.5 Å². The number of rotatable bonds is 7. The summed E-state index contributed by atoms with van der Waals surface area (Å²) in [6.07, 6.45) is 1.65. The first-order valence-electron chi connectivity index (χ1n) is 8.31. The Morgan fingerprint density at radius 1 is 1.19 bits per heavy atom. The molecule has 0 radical (unpaired) electrons. The third kappa shape index (κ3) is 4.06. The van der Waals surface area contributed by atoms with Crippen molar-refractivity contribution < 1.29 is 24.2 Å². The molecule has 0 unspecified atom stereocenters. The molecule has 2 heterocycles. The average Bonchev–Trinajstić information content (AvgIpc) is 3.35. The van der Waals surface area contributed by atoms with Gasteiger partial charge in [0.1, 0.15) is 0 Å². The zero-order valence-electron chi connectivity index (χ0n) is 15.0. The van der Waals surface area contributed by atoms with Gasteiger partial charge in [0.25, 0.3) is 0 Å². The van der Waals surface area contributed by atoms with Crippen molar-refractivity contribution in [2.45, 2.75) is 18.9 Å². The summed E-state index contributed by atoms with van der Waals surface area (Å²) in [7, 11) is 3.11. The summed E-state index contributed by atoms with van der Waals surface area (Å²) in [5.41, 5.74) is 4.76. The highest BCUT2D eigenvalue weighted by Gasteiger charge is 2.31. The second kappa shape index (κ2) is 8.13. The van der Waals surface area contributed by atoms with Crippen LogP contribution in [0.25, 0.3) is 5.70 Å². The Morgan fingerprint density at radius 3 is 2.59 bits per heavy atom. The van der Waals surface area contributed by atoms with Crippen molar-refractivity contribution in [3.05, 3.63) is 52.2 Å². The van der Waals surface area contributed by atoms with Crippen molar-refractivity contribution in [2.75, 3.05) is 14.2 Å². The minimum atomic E-state index is -1.00. The molecule has 2 aromatic rings. The number of carbonyl (C=O) groups is 2. The van der Waals surface area contributed by atoms with Crippen molar-refractivity contribution in [1.82, 2.24) is 10.4 Å². The van der Waals surface area contributed by atoms with Gasteiger partial charge < -0.3 is 14.6 Å². The Morgan fingerprint density at radius 2 is 1.96 bits per heavy atom. The minimum Gasteiger partial charge on any atom is -0.493 e. The van der Waals surface area contributed by atoms with Crippen LogP contribution < -0.4 is 14.9 Å². The molecule has 0 spiro atoms. The summed E-state index contributed by atoms with van der Waals surface area (Å²) < 4.78 is 10.6. The number of nitrogens with one attached hydrogen (secondary N) is 1. The zero-order chi connectivity index (χ0) is 19.4. The van der Waals surface area contributed by atoms with Crippen molar-refractivity contribution in [2.24, 2.45) is 0 Å². The van der Waals surface area contributed by atoms with Gasteiger partial charge in [0, 0.05) is 6.42 Å². The molecule has 8 heteroatoms. The quantitative estimate of drug-likeness (QED) is 0.758. The molecule has 3 rings (SSSR count). The molecular formula is C19H20N2O5S. The van der Waals surface area contributed by atoms with E-state index < -0.39 is 5.97 Å². The highest BCUT2D eigenvalue weighted by Crippen LogP contribution is 2.37. The summed E-state index contributed by atoms with van der Waals surface area (Å²) in [4.78, 5) is 24.5. The normalized spacial score (nSPS) is 15.9. The van der Waals surface area contributed by atoms with Crippen LogP contribution in [0.15, 0.2) is 41.8 Å². The number of amides is 1. The number of methoxy groups -OCH3 is 2. The van der Waals surface area contributed by atoms with Crippen molar-refractivity contribution in [1.29, 1.82) is 0 Å². The van der Waals surface area contributed by atoms with E-state index in [-0.39, 0.29) is 24.8 Å². The molecule has 0 saturated carbocycles. The lowest BCUT2D eigenvalue weighted by molar-refractivity contribution is -0.142. The molecule has 27 heavy (non-hydrogen) atoms. The number of aliphatic carboxylic acids is 1. The summed E-state index contributed by atoms with van der Waals surface area (Å²) in [6, 6.07) is 8.97. The Kier molecular flexibility index (Phi) is 5.66. The molecule has 1 atom stereocenters. The lowest BCUT2D eigenvalue weighted by atomic mass is 10.0. The predicted octanol–water partition coefficient (Wildman–Crippen LogP) is 3.06. The maximum Gasteiger partial charge on any atom is 0.303 e. The first-order chi connectivity index (χ1) is 13.0. The van der Waals surface area contributed by atoms with Gasteiger partial charge in [-0.3, -0.25) is 15.0 Å². The molecule has 142 valence electrons.